The van der Waals surface area contributed by atoms with Crippen LogP contribution in [0.5, 0.6) is 0 Å². The second-order valence-corrected chi connectivity index (χ2v) is 7.40. The van der Waals surface area contributed by atoms with E-state index in [1.807, 2.05) is 11.8 Å². The molecule has 0 aliphatic heterocycles. The van der Waals surface area contributed by atoms with Gasteiger partial charge in [0.15, 0.2) is 0 Å². The van der Waals surface area contributed by atoms with E-state index >= 15 is 0 Å². The van der Waals surface area contributed by atoms with E-state index in [2.05, 4.69) is 34.9 Å². The van der Waals surface area contributed by atoms with Gasteiger partial charge < -0.3 is 15.7 Å². The van der Waals surface area contributed by atoms with Crippen molar-refractivity contribution in [2.45, 2.75) is 57.0 Å². The maximum Gasteiger partial charge on any atom is 0.317 e. The lowest BCUT2D eigenvalue weighted by Gasteiger charge is -2.42. The molecule has 0 spiro atoms. The summed E-state index contributed by atoms with van der Waals surface area (Å²) >= 11 is 0. The number of benzene rings is 1. The molecule has 1 fully saturated rings. The van der Waals surface area contributed by atoms with Crippen molar-refractivity contribution in [3.05, 3.63) is 35.4 Å². The molecule has 0 aromatic heterocycles. The SMILES string of the molecule is CCN(CC(=O)O)C1CC(NC(=O)NCCC2CCc3ccccc32)C1. The van der Waals surface area contributed by atoms with E-state index in [0.717, 1.165) is 32.2 Å². The second kappa shape index (κ2) is 8.54. The van der Waals surface area contributed by atoms with Crippen LogP contribution in [0.3, 0.4) is 0 Å². The number of urea groups is 1. The minimum absolute atomic E-state index is 0.0724. The lowest BCUT2D eigenvalue weighted by Crippen LogP contribution is -2.56. The number of hydrogen-bond donors (Lipinski definition) is 3. The van der Waals surface area contributed by atoms with Gasteiger partial charge in [-0.15, -0.1) is 0 Å². The predicted molar refractivity (Wildman–Crippen MR) is 100 cm³/mol. The van der Waals surface area contributed by atoms with Crippen molar-refractivity contribution in [1.29, 1.82) is 0 Å². The molecule has 3 N–H and O–H groups in total. The van der Waals surface area contributed by atoms with Crippen LogP contribution in [0, 0.1) is 0 Å². The Morgan fingerprint density at radius 3 is 2.77 bits per heavy atom. The maximum atomic E-state index is 12.1. The number of aryl methyl sites for hydroxylation is 1. The fourth-order valence-electron chi connectivity index (χ4n) is 4.22. The van der Waals surface area contributed by atoms with Gasteiger partial charge in [-0.2, -0.15) is 0 Å². The summed E-state index contributed by atoms with van der Waals surface area (Å²) < 4.78 is 0. The van der Waals surface area contributed by atoms with Crippen LogP contribution in [0.25, 0.3) is 0 Å². The van der Waals surface area contributed by atoms with Gasteiger partial charge in [0, 0.05) is 18.6 Å². The molecule has 1 unspecified atom stereocenters. The summed E-state index contributed by atoms with van der Waals surface area (Å²) in [6, 6.07) is 8.89. The summed E-state index contributed by atoms with van der Waals surface area (Å²) in [7, 11) is 0. The normalized spacial score (nSPS) is 24.0. The molecule has 2 aliphatic carbocycles. The Kier molecular flexibility index (Phi) is 6.14. The zero-order chi connectivity index (χ0) is 18.5. The summed E-state index contributed by atoms with van der Waals surface area (Å²) in [5.74, 6) is -0.247. The molecule has 0 bridgehead atoms. The lowest BCUT2D eigenvalue weighted by molar-refractivity contribution is -0.139. The van der Waals surface area contributed by atoms with E-state index in [-0.39, 0.29) is 24.7 Å². The van der Waals surface area contributed by atoms with Crippen molar-refractivity contribution in [3.63, 3.8) is 0 Å². The van der Waals surface area contributed by atoms with Gasteiger partial charge >= 0.3 is 12.0 Å². The zero-order valence-corrected chi connectivity index (χ0v) is 15.4. The van der Waals surface area contributed by atoms with Gasteiger partial charge in [-0.1, -0.05) is 31.2 Å². The second-order valence-electron chi connectivity index (χ2n) is 7.40. The van der Waals surface area contributed by atoms with E-state index in [0.29, 0.717) is 12.5 Å². The van der Waals surface area contributed by atoms with Crippen LogP contribution in [0.4, 0.5) is 4.79 Å². The molecule has 6 nitrogen and oxygen atoms in total. The van der Waals surface area contributed by atoms with Crippen molar-refractivity contribution in [2.75, 3.05) is 19.6 Å². The fraction of sp³-hybridized carbons (Fsp3) is 0.600. The Balaban J connectivity index is 1.33. The highest BCUT2D eigenvalue weighted by molar-refractivity contribution is 5.74. The minimum atomic E-state index is -0.797. The molecule has 2 amide bonds. The first kappa shape index (κ1) is 18.7. The summed E-state index contributed by atoms with van der Waals surface area (Å²) in [6.45, 7) is 3.44. The van der Waals surface area contributed by atoms with Crippen LogP contribution in [-0.2, 0) is 11.2 Å². The average molecular weight is 359 g/mol. The number of carboxylic acid groups (broad SMARTS) is 1. The number of carbonyl (C=O) groups excluding carboxylic acids is 1. The third-order valence-corrected chi connectivity index (χ3v) is 5.74. The first-order chi connectivity index (χ1) is 12.6. The number of nitrogens with one attached hydrogen (secondary N) is 2. The summed E-state index contributed by atoms with van der Waals surface area (Å²) in [6.07, 6.45) is 4.93. The zero-order valence-electron chi connectivity index (χ0n) is 15.4. The first-order valence-corrected chi connectivity index (χ1v) is 9.64. The van der Waals surface area contributed by atoms with E-state index in [1.165, 1.54) is 17.5 Å². The molecule has 0 saturated heterocycles. The highest BCUT2D eigenvalue weighted by Gasteiger charge is 2.34. The van der Waals surface area contributed by atoms with Crippen molar-refractivity contribution >= 4 is 12.0 Å². The average Bonchev–Trinajstić information content (AvgIpc) is 2.99. The van der Waals surface area contributed by atoms with Crippen LogP contribution in [0.2, 0.25) is 0 Å². The number of fused-ring (bicyclic) bond motifs is 1. The van der Waals surface area contributed by atoms with Crippen LogP contribution in [-0.4, -0.2) is 53.7 Å². The van der Waals surface area contributed by atoms with Gasteiger partial charge in [0.1, 0.15) is 0 Å². The molecule has 0 radical (unpaired) electrons. The van der Waals surface area contributed by atoms with Gasteiger partial charge in [0.25, 0.3) is 0 Å². The molecule has 1 aromatic rings. The number of carboxylic acids is 1. The molecule has 3 rings (SSSR count). The molecule has 1 atom stereocenters. The maximum absolute atomic E-state index is 12.1. The van der Waals surface area contributed by atoms with Crippen molar-refractivity contribution in [2.24, 2.45) is 0 Å². The predicted octanol–water partition coefficient (Wildman–Crippen LogP) is 2.34. The van der Waals surface area contributed by atoms with Gasteiger partial charge in [-0.05, 0) is 55.7 Å². The third-order valence-electron chi connectivity index (χ3n) is 5.74. The first-order valence-electron chi connectivity index (χ1n) is 9.64. The molecule has 2 aliphatic rings. The van der Waals surface area contributed by atoms with Crippen LogP contribution in [0.15, 0.2) is 24.3 Å². The number of hydrogen-bond acceptors (Lipinski definition) is 3. The largest absolute Gasteiger partial charge is 0.480 e. The Bertz CT molecular complexity index is 643. The highest BCUT2D eigenvalue weighted by Crippen LogP contribution is 2.34. The topological polar surface area (TPSA) is 81.7 Å². The molecular weight excluding hydrogens is 330 g/mol. The quantitative estimate of drug-likeness (QED) is 0.665. The number of nitrogens with zero attached hydrogens (tertiary/aromatic N) is 1. The molecule has 142 valence electrons. The van der Waals surface area contributed by atoms with Gasteiger partial charge in [0.2, 0.25) is 0 Å². The minimum Gasteiger partial charge on any atom is -0.480 e. The van der Waals surface area contributed by atoms with Gasteiger partial charge in [-0.3, -0.25) is 9.69 Å². The van der Waals surface area contributed by atoms with E-state index in [9.17, 15) is 9.59 Å². The number of carbonyl (C=O) groups is 2. The smallest absolute Gasteiger partial charge is 0.317 e. The third kappa shape index (κ3) is 4.55. The van der Waals surface area contributed by atoms with Crippen LogP contribution < -0.4 is 10.6 Å². The van der Waals surface area contributed by atoms with Crippen molar-refractivity contribution in [3.8, 4) is 0 Å². The molecule has 0 heterocycles. The summed E-state index contributed by atoms with van der Waals surface area (Å²) in [5.41, 5.74) is 2.89. The molecule has 6 heteroatoms. The van der Waals surface area contributed by atoms with E-state index < -0.39 is 5.97 Å². The highest BCUT2D eigenvalue weighted by atomic mass is 16.4. The number of rotatable bonds is 8. The molecule has 26 heavy (non-hydrogen) atoms. The number of aliphatic carboxylic acids is 1. The standard InChI is InChI=1S/C20H29N3O3/c1-2-23(13-19(24)25)17-11-16(12-17)22-20(26)21-10-9-15-8-7-14-5-3-4-6-18(14)15/h3-6,15-17H,2,7-13H2,1H3,(H,24,25)(H2,21,22,26). The molecular formula is C20H29N3O3. The summed E-state index contributed by atoms with van der Waals surface area (Å²) in [5, 5.41) is 14.9. The van der Waals surface area contributed by atoms with Crippen LogP contribution in [0.1, 0.15) is 49.7 Å². The Hall–Kier alpha value is -2.08. The fourth-order valence-corrected chi connectivity index (χ4v) is 4.22. The Morgan fingerprint density at radius 1 is 1.27 bits per heavy atom. The Labute approximate surface area is 155 Å². The monoisotopic (exact) mass is 359 g/mol. The van der Waals surface area contributed by atoms with E-state index in [1.54, 1.807) is 0 Å². The molecule has 1 saturated carbocycles. The molecule has 1 aromatic carbocycles. The summed E-state index contributed by atoms with van der Waals surface area (Å²) in [4.78, 5) is 24.9. The van der Waals surface area contributed by atoms with Gasteiger partial charge in [-0.25, -0.2) is 4.79 Å². The number of amides is 2. The number of likely N-dealkylation sites (N-methyl/N-ethyl adjacent to an activating group) is 1. The van der Waals surface area contributed by atoms with Gasteiger partial charge in [0.05, 0.1) is 6.54 Å². The van der Waals surface area contributed by atoms with Crippen molar-refractivity contribution < 1.29 is 14.7 Å². The van der Waals surface area contributed by atoms with E-state index in [4.69, 9.17) is 5.11 Å². The Morgan fingerprint density at radius 2 is 2.04 bits per heavy atom. The van der Waals surface area contributed by atoms with Crippen LogP contribution >= 0.6 is 0 Å². The van der Waals surface area contributed by atoms with Crippen molar-refractivity contribution in [1.82, 2.24) is 15.5 Å². The lowest BCUT2D eigenvalue weighted by atomic mass is 9.85.